The number of carboxylic acid groups (broad SMARTS) is 1. The SMILES string of the molecule is O=C([O-])C1(C(F)(F)F)OC2(F)C(F)(F)C(F)(F)C(F)(F)C2(F)O1.[K+]. The van der Waals surface area contributed by atoms with Crippen LogP contribution < -0.4 is 56.5 Å². The second-order valence-electron chi connectivity index (χ2n) is 4.52. The fourth-order valence-electron chi connectivity index (χ4n) is 2.00. The van der Waals surface area contributed by atoms with E-state index in [1.807, 2.05) is 0 Å². The molecule has 4 nitrogen and oxygen atoms in total. The van der Waals surface area contributed by atoms with E-state index < -0.39 is 47.4 Å². The number of fused-ring (bicyclic) bond motifs is 1. The second-order valence-corrected chi connectivity index (χ2v) is 4.52. The summed E-state index contributed by atoms with van der Waals surface area (Å²) >= 11 is 0. The zero-order chi connectivity index (χ0) is 18.5. The molecule has 1 saturated carbocycles. The van der Waals surface area contributed by atoms with Crippen LogP contribution in [0.3, 0.4) is 0 Å². The Bertz CT molecular complexity index is 545. The molecule has 0 bridgehead atoms. The van der Waals surface area contributed by atoms with Gasteiger partial charge in [0.25, 0.3) is 0 Å². The smallest absolute Gasteiger partial charge is 0.544 e. The van der Waals surface area contributed by atoms with Gasteiger partial charge in [0.1, 0.15) is 5.97 Å². The number of rotatable bonds is 1. The van der Waals surface area contributed by atoms with Gasteiger partial charge in [0, 0.05) is 0 Å². The van der Waals surface area contributed by atoms with Crippen molar-refractivity contribution in [1.29, 1.82) is 0 Å². The van der Waals surface area contributed by atoms with E-state index in [1.165, 1.54) is 0 Å². The molecule has 24 heavy (non-hydrogen) atoms. The largest absolute Gasteiger partial charge is 1.00 e. The summed E-state index contributed by atoms with van der Waals surface area (Å²) in [5.41, 5.74) is 0. The van der Waals surface area contributed by atoms with E-state index in [4.69, 9.17) is 0 Å². The van der Waals surface area contributed by atoms with Gasteiger partial charge in [-0.25, -0.2) is 0 Å². The maximum atomic E-state index is 13.8. The number of alkyl halides is 11. The number of halogens is 11. The van der Waals surface area contributed by atoms with Crippen LogP contribution in [0.1, 0.15) is 0 Å². The van der Waals surface area contributed by atoms with Crippen molar-refractivity contribution in [3.05, 3.63) is 0 Å². The summed E-state index contributed by atoms with van der Waals surface area (Å²) in [5.74, 6) is -43.4. The first kappa shape index (κ1) is 22.3. The van der Waals surface area contributed by atoms with Crippen LogP contribution in [0.5, 0.6) is 0 Å². The van der Waals surface area contributed by atoms with Crippen LogP contribution in [0.2, 0.25) is 0 Å². The number of carboxylic acids is 1. The van der Waals surface area contributed by atoms with Gasteiger partial charge < -0.3 is 9.90 Å². The molecule has 0 spiro atoms. The zero-order valence-corrected chi connectivity index (χ0v) is 13.9. The van der Waals surface area contributed by atoms with Crippen molar-refractivity contribution >= 4 is 5.97 Å². The first-order chi connectivity index (χ1) is 9.86. The predicted molar refractivity (Wildman–Crippen MR) is 38.5 cm³/mol. The summed E-state index contributed by atoms with van der Waals surface area (Å²) in [4.78, 5) is 10.4. The molecule has 2 aliphatic rings. The van der Waals surface area contributed by atoms with Crippen molar-refractivity contribution in [2.45, 2.75) is 41.4 Å². The van der Waals surface area contributed by atoms with Gasteiger partial charge in [-0.2, -0.15) is 48.3 Å². The maximum Gasteiger partial charge on any atom is 1.00 e. The average Bonchev–Trinajstić information content (AvgIpc) is 2.63. The summed E-state index contributed by atoms with van der Waals surface area (Å²) < 4.78 is 149. The molecule has 1 aliphatic heterocycles. The van der Waals surface area contributed by atoms with E-state index in [1.54, 1.807) is 0 Å². The molecule has 1 saturated heterocycles. The molecule has 2 rings (SSSR count). The zero-order valence-electron chi connectivity index (χ0n) is 10.8. The van der Waals surface area contributed by atoms with E-state index in [9.17, 15) is 58.2 Å². The molecular weight excluding hydrogens is 408 g/mol. The summed E-state index contributed by atoms with van der Waals surface area (Å²) in [6.45, 7) is 0. The van der Waals surface area contributed by atoms with E-state index in [0.29, 0.717) is 0 Å². The van der Waals surface area contributed by atoms with Gasteiger partial charge in [-0.1, -0.05) is 0 Å². The van der Waals surface area contributed by atoms with Gasteiger partial charge in [0.05, 0.1) is 0 Å². The van der Waals surface area contributed by atoms with Crippen LogP contribution in [0.4, 0.5) is 48.3 Å². The molecular formula is C8F11KO4. The Morgan fingerprint density at radius 3 is 1.25 bits per heavy atom. The summed E-state index contributed by atoms with van der Waals surface area (Å²) in [6.07, 6.45) is -6.64. The van der Waals surface area contributed by atoms with E-state index in [2.05, 4.69) is 9.47 Å². The van der Waals surface area contributed by atoms with Crippen LogP contribution in [0, 0.1) is 0 Å². The van der Waals surface area contributed by atoms with Gasteiger partial charge in [-0.3, -0.25) is 9.47 Å². The molecule has 134 valence electrons. The molecule has 0 aromatic carbocycles. The van der Waals surface area contributed by atoms with E-state index in [0.717, 1.165) is 0 Å². The van der Waals surface area contributed by atoms with Crippen LogP contribution in [0.25, 0.3) is 0 Å². The van der Waals surface area contributed by atoms with Crippen molar-refractivity contribution in [2.75, 3.05) is 0 Å². The first-order valence-electron chi connectivity index (χ1n) is 5.05. The monoisotopic (exact) mass is 408 g/mol. The van der Waals surface area contributed by atoms with Crippen molar-refractivity contribution in [1.82, 2.24) is 0 Å². The number of aliphatic carboxylic acids is 1. The third-order valence-corrected chi connectivity index (χ3v) is 3.22. The third kappa shape index (κ3) is 1.93. The van der Waals surface area contributed by atoms with Crippen molar-refractivity contribution in [3.8, 4) is 0 Å². The summed E-state index contributed by atoms with van der Waals surface area (Å²) in [5, 5.41) is 10.4. The topological polar surface area (TPSA) is 58.6 Å². The number of hydrogen-bond donors (Lipinski definition) is 0. The molecule has 16 heteroatoms. The van der Waals surface area contributed by atoms with Crippen molar-refractivity contribution in [2.24, 2.45) is 0 Å². The Hall–Kier alpha value is 0.256. The molecule has 1 aliphatic carbocycles. The van der Waals surface area contributed by atoms with E-state index in [-0.39, 0.29) is 51.4 Å². The fourth-order valence-corrected chi connectivity index (χ4v) is 2.00. The quantitative estimate of drug-likeness (QED) is 0.384. The Kier molecular flexibility index (Phi) is 4.79. The van der Waals surface area contributed by atoms with E-state index >= 15 is 0 Å². The van der Waals surface area contributed by atoms with Gasteiger partial charge >= 0.3 is 92.8 Å². The maximum absolute atomic E-state index is 13.8. The Labute approximate surface area is 165 Å². The summed E-state index contributed by atoms with van der Waals surface area (Å²) in [7, 11) is 0. The minimum atomic E-state index is -6.93. The molecule has 0 N–H and O–H groups in total. The van der Waals surface area contributed by atoms with Gasteiger partial charge in [-0.05, 0) is 0 Å². The van der Waals surface area contributed by atoms with Gasteiger partial charge in [0.2, 0.25) is 0 Å². The molecule has 2 unspecified atom stereocenters. The third-order valence-electron chi connectivity index (χ3n) is 3.22. The number of hydrogen-bond acceptors (Lipinski definition) is 4. The van der Waals surface area contributed by atoms with Crippen LogP contribution in [-0.4, -0.2) is 47.4 Å². The van der Waals surface area contributed by atoms with Crippen LogP contribution in [0.15, 0.2) is 0 Å². The predicted octanol–water partition coefficient (Wildman–Crippen LogP) is -1.70. The first-order valence-corrected chi connectivity index (χ1v) is 5.05. The van der Waals surface area contributed by atoms with Crippen LogP contribution in [-0.2, 0) is 14.3 Å². The van der Waals surface area contributed by atoms with Crippen LogP contribution >= 0.6 is 0 Å². The molecule has 0 radical (unpaired) electrons. The molecule has 0 amide bonds. The Morgan fingerprint density at radius 2 is 1.04 bits per heavy atom. The standard InChI is InChI=1S/C8HF11O4.K/c9-3(10)4(11,12)6(15)7(16,5(3,13)14)23-2(22-6,1(20)21)8(17,18)19;/h(H,20,21);/q;+1/p-1. The van der Waals surface area contributed by atoms with Gasteiger partial charge in [0.15, 0.2) is 0 Å². The minimum absolute atomic E-state index is 0. The molecule has 2 fully saturated rings. The fraction of sp³-hybridized carbons (Fsp3) is 0.875. The number of carbonyl (C=O) groups is 1. The molecule has 1 heterocycles. The molecule has 2 atom stereocenters. The normalized spacial score (nSPS) is 42.3. The minimum Gasteiger partial charge on any atom is -0.544 e. The Morgan fingerprint density at radius 1 is 0.750 bits per heavy atom. The second kappa shape index (κ2) is 5.16. The van der Waals surface area contributed by atoms with Crippen molar-refractivity contribution < 1.29 is 119 Å². The molecule has 0 aromatic heterocycles. The van der Waals surface area contributed by atoms with Gasteiger partial charge in [-0.15, -0.1) is 0 Å². The molecule has 0 aromatic rings. The number of carbonyl (C=O) groups excluding carboxylic acids is 1. The average molecular weight is 408 g/mol. The Balaban J connectivity index is 0.00000288. The number of ether oxygens (including phenoxy) is 2. The summed E-state index contributed by atoms with van der Waals surface area (Å²) in [6, 6.07) is 0. The van der Waals surface area contributed by atoms with Crippen molar-refractivity contribution in [3.63, 3.8) is 0 Å².